The number of nitrogens with zero attached hydrogens (tertiary/aromatic N) is 1. The Balaban J connectivity index is 1.96. The molecule has 0 aliphatic heterocycles. The van der Waals surface area contributed by atoms with E-state index in [0.717, 1.165) is 9.87 Å². The van der Waals surface area contributed by atoms with Gasteiger partial charge in [0.15, 0.2) is 0 Å². The van der Waals surface area contributed by atoms with Gasteiger partial charge in [-0.15, -0.1) is 0 Å². The van der Waals surface area contributed by atoms with Gasteiger partial charge in [0, 0.05) is 5.69 Å². The maximum Gasteiger partial charge on any atom is 0.264 e. The first-order valence-corrected chi connectivity index (χ1v) is 11.5. The van der Waals surface area contributed by atoms with Crippen molar-refractivity contribution in [3.8, 4) is 11.5 Å². The molecule has 3 aromatic carbocycles. The van der Waals surface area contributed by atoms with E-state index in [2.05, 4.69) is 5.32 Å². The Morgan fingerprint density at radius 2 is 1.62 bits per heavy atom. The molecule has 0 fully saturated rings. The van der Waals surface area contributed by atoms with Gasteiger partial charge in [0.25, 0.3) is 10.0 Å². The predicted octanol–water partition coefficient (Wildman–Crippen LogP) is 4.24. The lowest BCUT2D eigenvalue weighted by atomic mass is 10.2. The fraction of sp³-hybridized carbons (Fsp3) is 0.208. The first-order valence-electron chi connectivity index (χ1n) is 10.1. The lowest BCUT2D eigenvalue weighted by molar-refractivity contribution is -0.114. The highest BCUT2D eigenvalue weighted by Gasteiger charge is 2.29. The number of aryl methyl sites for hydroxylation is 1. The van der Waals surface area contributed by atoms with Gasteiger partial charge in [0.1, 0.15) is 18.0 Å². The molecule has 0 aliphatic rings. The first-order chi connectivity index (χ1) is 15.3. The summed E-state index contributed by atoms with van der Waals surface area (Å²) in [4.78, 5) is 13.0. The van der Waals surface area contributed by atoms with Crippen LogP contribution in [0.3, 0.4) is 0 Å². The highest BCUT2D eigenvalue weighted by molar-refractivity contribution is 7.92. The van der Waals surface area contributed by atoms with Gasteiger partial charge in [0.05, 0.1) is 24.3 Å². The van der Waals surface area contributed by atoms with E-state index < -0.39 is 22.5 Å². The minimum atomic E-state index is -4.04. The highest BCUT2D eigenvalue weighted by Crippen LogP contribution is 2.32. The summed E-state index contributed by atoms with van der Waals surface area (Å²) in [5, 5.41) is 2.74. The number of ether oxygens (including phenoxy) is 2. The minimum Gasteiger partial charge on any atom is -0.497 e. The third kappa shape index (κ3) is 5.39. The molecule has 0 saturated carbocycles. The Bertz CT molecular complexity index is 1160. The maximum absolute atomic E-state index is 13.5. The molecular weight excluding hydrogens is 428 g/mol. The standard InChI is InChI=1S/C24H26N2O5S/c1-4-31-23-8-6-5-7-22(23)26(32(28,29)21-15-9-18(2)10-16-21)17-24(27)25-19-11-13-20(30-3)14-12-19/h5-16H,4,17H2,1-3H3,(H,25,27). The summed E-state index contributed by atoms with van der Waals surface area (Å²) >= 11 is 0. The molecule has 0 radical (unpaired) electrons. The molecule has 8 heteroatoms. The van der Waals surface area contributed by atoms with Crippen LogP contribution >= 0.6 is 0 Å². The molecule has 0 aliphatic carbocycles. The number of rotatable bonds is 9. The maximum atomic E-state index is 13.5. The Kier molecular flexibility index (Phi) is 7.37. The van der Waals surface area contributed by atoms with Gasteiger partial charge in [0.2, 0.25) is 5.91 Å². The molecule has 0 unspecified atom stereocenters. The van der Waals surface area contributed by atoms with Crippen LogP contribution in [0.2, 0.25) is 0 Å². The summed E-state index contributed by atoms with van der Waals surface area (Å²) in [7, 11) is -2.48. The number of sulfonamides is 1. The average molecular weight is 455 g/mol. The third-order valence-corrected chi connectivity index (χ3v) is 6.48. The average Bonchev–Trinajstić information content (AvgIpc) is 2.79. The Morgan fingerprint density at radius 3 is 2.25 bits per heavy atom. The first kappa shape index (κ1) is 23.1. The highest BCUT2D eigenvalue weighted by atomic mass is 32.2. The molecule has 168 valence electrons. The van der Waals surface area contributed by atoms with Crippen LogP contribution in [0.25, 0.3) is 0 Å². The number of hydrogen-bond acceptors (Lipinski definition) is 5. The van der Waals surface area contributed by atoms with E-state index in [-0.39, 0.29) is 4.90 Å². The van der Waals surface area contributed by atoms with Crippen molar-refractivity contribution >= 4 is 27.3 Å². The van der Waals surface area contributed by atoms with Crippen LogP contribution in [-0.4, -0.2) is 34.6 Å². The second kappa shape index (κ2) is 10.2. The molecule has 0 aromatic heterocycles. The number of benzene rings is 3. The summed E-state index contributed by atoms with van der Waals surface area (Å²) in [6.07, 6.45) is 0. The third-order valence-electron chi connectivity index (χ3n) is 4.70. The van der Waals surface area contributed by atoms with Crippen molar-refractivity contribution in [2.75, 3.05) is 29.9 Å². The number of hydrogen-bond donors (Lipinski definition) is 1. The van der Waals surface area contributed by atoms with Crippen LogP contribution in [0.4, 0.5) is 11.4 Å². The lowest BCUT2D eigenvalue weighted by Gasteiger charge is -2.26. The van der Waals surface area contributed by atoms with Crippen molar-refractivity contribution < 1.29 is 22.7 Å². The Hall–Kier alpha value is -3.52. The Labute approximate surface area is 188 Å². The summed E-state index contributed by atoms with van der Waals surface area (Å²) in [5.74, 6) is 0.539. The zero-order valence-electron chi connectivity index (χ0n) is 18.2. The second-order valence-corrected chi connectivity index (χ2v) is 8.86. The Morgan fingerprint density at radius 1 is 0.969 bits per heavy atom. The number of anilines is 2. The van der Waals surface area contributed by atoms with Crippen molar-refractivity contribution in [1.29, 1.82) is 0 Å². The quantitative estimate of drug-likeness (QED) is 0.523. The summed E-state index contributed by atoms with van der Waals surface area (Å²) in [6.45, 7) is 3.62. The largest absolute Gasteiger partial charge is 0.497 e. The molecule has 0 atom stereocenters. The number of methoxy groups -OCH3 is 1. The van der Waals surface area contributed by atoms with E-state index in [1.807, 2.05) is 13.8 Å². The monoisotopic (exact) mass is 454 g/mol. The number of carbonyl (C=O) groups excluding carboxylic acids is 1. The van der Waals surface area contributed by atoms with Gasteiger partial charge in [-0.1, -0.05) is 29.8 Å². The molecule has 3 aromatic rings. The van der Waals surface area contributed by atoms with Crippen molar-refractivity contribution in [1.82, 2.24) is 0 Å². The van der Waals surface area contributed by atoms with Gasteiger partial charge in [-0.2, -0.15) is 0 Å². The fourth-order valence-electron chi connectivity index (χ4n) is 3.08. The molecule has 1 N–H and O–H groups in total. The molecule has 0 bridgehead atoms. The van der Waals surface area contributed by atoms with E-state index in [1.165, 1.54) is 12.1 Å². The topological polar surface area (TPSA) is 84.9 Å². The second-order valence-electron chi connectivity index (χ2n) is 7.00. The van der Waals surface area contributed by atoms with Crippen LogP contribution in [0.1, 0.15) is 12.5 Å². The smallest absolute Gasteiger partial charge is 0.264 e. The minimum absolute atomic E-state index is 0.0895. The van der Waals surface area contributed by atoms with E-state index in [9.17, 15) is 13.2 Å². The fourth-order valence-corrected chi connectivity index (χ4v) is 4.51. The van der Waals surface area contributed by atoms with E-state index in [0.29, 0.717) is 29.5 Å². The SMILES string of the molecule is CCOc1ccccc1N(CC(=O)Nc1ccc(OC)cc1)S(=O)(=O)c1ccc(C)cc1. The van der Waals surface area contributed by atoms with Crippen LogP contribution in [0.5, 0.6) is 11.5 Å². The number of nitrogens with one attached hydrogen (secondary N) is 1. The predicted molar refractivity (Wildman–Crippen MR) is 125 cm³/mol. The van der Waals surface area contributed by atoms with Gasteiger partial charge in [-0.3, -0.25) is 9.10 Å². The number of carbonyl (C=O) groups is 1. The molecular formula is C24H26N2O5S. The summed E-state index contributed by atoms with van der Waals surface area (Å²) in [6, 6.07) is 20.0. The van der Waals surface area contributed by atoms with Crippen LogP contribution < -0.4 is 19.1 Å². The van der Waals surface area contributed by atoms with E-state index >= 15 is 0 Å². The molecule has 32 heavy (non-hydrogen) atoms. The van der Waals surface area contributed by atoms with Crippen molar-refractivity contribution in [2.45, 2.75) is 18.7 Å². The van der Waals surface area contributed by atoms with Crippen molar-refractivity contribution in [3.63, 3.8) is 0 Å². The van der Waals surface area contributed by atoms with Gasteiger partial charge in [-0.05, 0) is 62.4 Å². The molecule has 0 heterocycles. The molecule has 3 rings (SSSR count). The molecule has 0 saturated heterocycles. The number of amides is 1. The summed E-state index contributed by atoms with van der Waals surface area (Å²) < 4.78 is 38.9. The van der Waals surface area contributed by atoms with Crippen LogP contribution in [0, 0.1) is 6.92 Å². The van der Waals surface area contributed by atoms with Crippen molar-refractivity contribution in [2.24, 2.45) is 0 Å². The summed E-state index contributed by atoms with van der Waals surface area (Å²) in [5.41, 5.74) is 1.75. The van der Waals surface area contributed by atoms with Gasteiger partial charge in [-0.25, -0.2) is 8.42 Å². The normalized spacial score (nSPS) is 11.0. The lowest BCUT2D eigenvalue weighted by Crippen LogP contribution is -2.38. The van der Waals surface area contributed by atoms with E-state index in [4.69, 9.17) is 9.47 Å². The van der Waals surface area contributed by atoms with Crippen LogP contribution in [-0.2, 0) is 14.8 Å². The van der Waals surface area contributed by atoms with Gasteiger partial charge < -0.3 is 14.8 Å². The molecule has 1 amide bonds. The molecule has 7 nitrogen and oxygen atoms in total. The van der Waals surface area contributed by atoms with Crippen LogP contribution in [0.15, 0.2) is 77.7 Å². The van der Waals surface area contributed by atoms with E-state index in [1.54, 1.807) is 67.8 Å². The zero-order chi connectivity index (χ0) is 23.1. The molecule has 0 spiro atoms. The van der Waals surface area contributed by atoms with Gasteiger partial charge >= 0.3 is 0 Å². The number of para-hydroxylation sites is 2. The van der Waals surface area contributed by atoms with Crippen molar-refractivity contribution in [3.05, 3.63) is 78.4 Å². The zero-order valence-corrected chi connectivity index (χ0v) is 19.1.